The molecule has 1 aromatic carbocycles. The zero-order chi connectivity index (χ0) is 12.3. The van der Waals surface area contributed by atoms with Crippen LogP contribution in [-0.2, 0) is 4.79 Å². The van der Waals surface area contributed by atoms with Crippen LogP contribution in [0.25, 0.3) is 0 Å². The first-order chi connectivity index (χ1) is 7.37. The second-order valence-corrected chi connectivity index (χ2v) is 2.72. The predicted molar refractivity (Wildman–Crippen MR) is 47.0 cm³/mol. The highest BCUT2D eigenvalue weighted by Crippen LogP contribution is 2.23. The topological polar surface area (TPSA) is 63.5 Å². The zero-order valence-corrected chi connectivity index (χ0v) is 7.64. The molecule has 8 heteroatoms. The average Bonchev–Trinajstić information content (AvgIpc) is 2.28. The lowest BCUT2D eigenvalue weighted by atomic mass is 10.3. The number of halogens is 3. The molecule has 0 saturated heterocycles. The molecular formula is C8H5F3N2O3. The lowest BCUT2D eigenvalue weighted by Crippen LogP contribution is -2.45. The van der Waals surface area contributed by atoms with Crippen molar-refractivity contribution in [3.8, 4) is 0 Å². The summed E-state index contributed by atoms with van der Waals surface area (Å²) in [5.74, 6) is -2.54. The van der Waals surface area contributed by atoms with Gasteiger partial charge in [0.25, 0.3) is 0 Å². The number of carbonyl (C=O) groups excluding carboxylic acids is 1. The number of para-hydroxylation sites is 1. The van der Waals surface area contributed by atoms with Gasteiger partial charge in [-0.15, -0.1) is 13.9 Å². The van der Waals surface area contributed by atoms with Crippen LogP contribution in [-0.4, -0.2) is 16.9 Å². The molecule has 0 aromatic heterocycles. The maximum absolute atomic E-state index is 13.1. The Morgan fingerprint density at radius 2 is 1.81 bits per heavy atom. The lowest BCUT2D eigenvalue weighted by Gasteiger charge is -2.12. The van der Waals surface area contributed by atoms with Crippen molar-refractivity contribution in [2.24, 2.45) is 0 Å². The number of alkyl halides is 2. The molecule has 0 bridgehead atoms. The maximum atomic E-state index is 13.1. The maximum Gasteiger partial charge on any atom is 0.596 e. The van der Waals surface area contributed by atoms with Crippen LogP contribution in [0.2, 0.25) is 0 Å². The van der Waals surface area contributed by atoms with E-state index in [9.17, 15) is 28.2 Å². The standard InChI is InChI=1S/C8H5F3N2O3/c9-8(10,13(15)16)7(14)12(11)6-4-2-1-3-5-6/h1-5H. The molecule has 0 aliphatic carbocycles. The third-order valence-electron chi connectivity index (χ3n) is 1.65. The van der Waals surface area contributed by atoms with Gasteiger partial charge in [0.1, 0.15) is 4.92 Å². The summed E-state index contributed by atoms with van der Waals surface area (Å²) in [5, 5.41) is 8.88. The number of rotatable bonds is 3. The smallest absolute Gasteiger partial charge is 0.259 e. The molecule has 16 heavy (non-hydrogen) atoms. The predicted octanol–water partition coefficient (Wildman–Crippen LogP) is 1.77. The second-order valence-electron chi connectivity index (χ2n) is 2.72. The SMILES string of the molecule is O=C(N(F)c1ccccc1)C(F)(F)[N+](=O)[O-]. The Morgan fingerprint density at radius 3 is 2.25 bits per heavy atom. The van der Waals surface area contributed by atoms with Gasteiger partial charge in [0.05, 0.1) is 5.69 Å². The van der Waals surface area contributed by atoms with Crippen LogP contribution in [0.4, 0.5) is 18.9 Å². The fourth-order valence-corrected chi connectivity index (χ4v) is 0.872. The highest BCUT2D eigenvalue weighted by atomic mass is 19.3. The Bertz CT molecular complexity index is 410. The molecule has 0 spiro atoms. The Kier molecular flexibility index (Phi) is 3.11. The van der Waals surface area contributed by atoms with E-state index in [-0.39, 0.29) is 0 Å². The number of carbonyl (C=O) groups is 1. The Labute approximate surface area is 87.2 Å². The highest BCUT2D eigenvalue weighted by Gasteiger charge is 2.57. The monoisotopic (exact) mass is 234 g/mol. The summed E-state index contributed by atoms with van der Waals surface area (Å²) in [6, 6.07) is 1.11. The molecule has 0 aliphatic heterocycles. The van der Waals surface area contributed by atoms with Gasteiger partial charge >= 0.3 is 12.0 Å². The number of amides is 1. The molecule has 0 radical (unpaired) electrons. The minimum Gasteiger partial charge on any atom is -0.259 e. The summed E-state index contributed by atoms with van der Waals surface area (Å²) in [4.78, 5) is 18.5. The van der Waals surface area contributed by atoms with Crippen molar-refractivity contribution in [2.45, 2.75) is 6.05 Å². The number of anilines is 1. The molecule has 1 aromatic rings. The molecule has 86 valence electrons. The number of nitro groups is 1. The summed E-state index contributed by atoms with van der Waals surface area (Å²) >= 11 is 0. The fourth-order valence-electron chi connectivity index (χ4n) is 0.872. The summed E-state index contributed by atoms with van der Waals surface area (Å²) in [7, 11) is 0. The summed E-state index contributed by atoms with van der Waals surface area (Å²) < 4.78 is 38.2. The van der Waals surface area contributed by atoms with Gasteiger partial charge in [-0.2, -0.15) is 0 Å². The number of benzene rings is 1. The Hall–Kier alpha value is -2.12. The quantitative estimate of drug-likeness (QED) is 0.346. The van der Waals surface area contributed by atoms with Crippen LogP contribution < -0.4 is 5.12 Å². The number of hydrogen-bond donors (Lipinski definition) is 0. The van der Waals surface area contributed by atoms with Crippen LogP contribution in [0.1, 0.15) is 0 Å². The van der Waals surface area contributed by atoms with E-state index in [2.05, 4.69) is 0 Å². The normalized spacial score (nSPS) is 10.9. The molecule has 0 unspecified atom stereocenters. The van der Waals surface area contributed by atoms with Crippen LogP contribution in [0.5, 0.6) is 0 Å². The lowest BCUT2D eigenvalue weighted by molar-refractivity contribution is -0.622. The van der Waals surface area contributed by atoms with Crippen molar-refractivity contribution in [3.05, 3.63) is 40.4 Å². The van der Waals surface area contributed by atoms with Gasteiger partial charge in [0.15, 0.2) is 0 Å². The minimum atomic E-state index is -4.98. The molecular weight excluding hydrogens is 229 g/mol. The molecule has 0 saturated carbocycles. The fraction of sp³-hybridized carbons (Fsp3) is 0.125. The minimum absolute atomic E-state index is 0.506. The van der Waals surface area contributed by atoms with E-state index >= 15 is 0 Å². The third-order valence-corrected chi connectivity index (χ3v) is 1.65. The van der Waals surface area contributed by atoms with Gasteiger partial charge in [0.2, 0.25) is 0 Å². The Balaban J connectivity index is 2.96. The molecule has 0 heterocycles. The van der Waals surface area contributed by atoms with Crippen molar-refractivity contribution in [3.63, 3.8) is 0 Å². The molecule has 1 amide bonds. The van der Waals surface area contributed by atoms with Crippen LogP contribution in [0.3, 0.4) is 0 Å². The van der Waals surface area contributed by atoms with Crippen LogP contribution in [0, 0.1) is 10.1 Å². The number of nitrogens with zero attached hydrogens (tertiary/aromatic N) is 2. The molecule has 0 atom stereocenters. The molecule has 0 fully saturated rings. The molecule has 5 nitrogen and oxygen atoms in total. The second kappa shape index (κ2) is 4.17. The van der Waals surface area contributed by atoms with E-state index in [0.29, 0.717) is 0 Å². The van der Waals surface area contributed by atoms with Crippen molar-refractivity contribution >= 4 is 11.6 Å². The van der Waals surface area contributed by atoms with Crippen molar-refractivity contribution < 1.29 is 23.0 Å². The summed E-state index contributed by atoms with van der Waals surface area (Å²) in [6.07, 6.45) is 0. The summed E-state index contributed by atoms with van der Waals surface area (Å²) in [5.41, 5.74) is -0.506. The van der Waals surface area contributed by atoms with E-state index in [1.54, 1.807) is 0 Å². The zero-order valence-electron chi connectivity index (χ0n) is 7.64. The van der Waals surface area contributed by atoms with Crippen molar-refractivity contribution in [2.75, 3.05) is 5.12 Å². The average molecular weight is 234 g/mol. The van der Waals surface area contributed by atoms with Crippen LogP contribution in [0.15, 0.2) is 30.3 Å². The first kappa shape index (κ1) is 12.0. The van der Waals surface area contributed by atoms with Gasteiger partial charge in [-0.3, -0.25) is 14.9 Å². The Morgan fingerprint density at radius 1 is 1.31 bits per heavy atom. The van der Waals surface area contributed by atoms with Gasteiger partial charge in [-0.1, -0.05) is 22.7 Å². The van der Waals surface area contributed by atoms with Crippen molar-refractivity contribution in [1.29, 1.82) is 0 Å². The summed E-state index contributed by atoms with van der Waals surface area (Å²) in [6.45, 7) is 0. The first-order valence-corrected chi connectivity index (χ1v) is 3.95. The van der Waals surface area contributed by atoms with E-state index < -0.39 is 27.7 Å². The van der Waals surface area contributed by atoms with E-state index in [1.165, 1.54) is 18.2 Å². The van der Waals surface area contributed by atoms with Gasteiger partial charge in [-0.05, 0) is 12.1 Å². The van der Waals surface area contributed by atoms with E-state index in [0.717, 1.165) is 12.1 Å². The highest BCUT2D eigenvalue weighted by molar-refractivity contribution is 5.95. The molecule has 0 aliphatic rings. The molecule has 0 N–H and O–H groups in total. The van der Waals surface area contributed by atoms with Crippen LogP contribution >= 0.6 is 0 Å². The first-order valence-electron chi connectivity index (χ1n) is 3.95. The van der Waals surface area contributed by atoms with Crippen molar-refractivity contribution in [1.82, 2.24) is 0 Å². The molecule has 1 rings (SSSR count). The van der Waals surface area contributed by atoms with Gasteiger partial charge in [-0.25, -0.2) is 0 Å². The number of hydrogen-bond acceptors (Lipinski definition) is 3. The van der Waals surface area contributed by atoms with E-state index in [4.69, 9.17) is 0 Å². The third kappa shape index (κ3) is 2.10. The largest absolute Gasteiger partial charge is 0.596 e. The van der Waals surface area contributed by atoms with E-state index in [1.807, 2.05) is 0 Å². The van der Waals surface area contributed by atoms with Gasteiger partial charge < -0.3 is 0 Å². The van der Waals surface area contributed by atoms with Gasteiger partial charge in [0, 0.05) is 0 Å².